The second kappa shape index (κ2) is 5.29. The molecule has 0 aliphatic heterocycles. The maximum Gasteiger partial charge on any atom is 0.0865 e. The van der Waals surface area contributed by atoms with Gasteiger partial charge in [0.25, 0.3) is 0 Å². The molecule has 3 N–H and O–H groups in total. The van der Waals surface area contributed by atoms with Crippen LogP contribution in [0.2, 0.25) is 0 Å². The fourth-order valence-corrected chi connectivity index (χ4v) is 2.04. The minimum Gasteiger partial charge on any atom is -0.398 e. The zero-order valence-corrected chi connectivity index (χ0v) is 10.8. The lowest BCUT2D eigenvalue weighted by Crippen LogP contribution is -2.06. The van der Waals surface area contributed by atoms with Crippen molar-refractivity contribution in [2.45, 2.75) is 12.5 Å². The number of aliphatic hydroxyl groups is 1. The molecule has 1 unspecified atom stereocenters. The van der Waals surface area contributed by atoms with Crippen molar-refractivity contribution in [3.8, 4) is 0 Å². The molecular formula is C13H13BrN2O. The number of anilines is 1. The molecule has 0 radical (unpaired) electrons. The Labute approximate surface area is 108 Å². The fourth-order valence-electron chi connectivity index (χ4n) is 1.66. The molecule has 1 aromatic carbocycles. The zero-order valence-electron chi connectivity index (χ0n) is 9.18. The largest absolute Gasteiger partial charge is 0.398 e. The van der Waals surface area contributed by atoms with Crippen LogP contribution in [0.4, 0.5) is 5.69 Å². The van der Waals surface area contributed by atoms with Crippen molar-refractivity contribution >= 4 is 21.6 Å². The Bertz CT molecular complexity index is 502. The standard InChI is InChI=1S/C13H13BrN2O/c14-9-4-5-12(15)11(7-9)13(17)8-10-3-1-2-6-16-10/h1-7,13,17H,8,15H2. The smallest absolute Gasteiger partial charge is 0.0865 e. The maximum atomic E-state index is 10.1. The maximum absolute atomic E-state index is 10.1. The van der Waals surface area contributed by atoms with Crippen LogP contribution in [0.25, 0.3) is 0 Å². The van der Waals surface area contributed by atoms with Gasteiger partial charge in [-0.2, -0.15) is 0 Å². The van der Waals surface area contributed by atoms with E-state index in [2.05, 4.69) is 20.9 Å². The summed E-state index contributed by atoms with van der Waals surface area (Å²) in [6, 6.07) is 11.1. The number of halogens is 1. The number of nitrogens with zero attached hydrogens (tertiary/aromatic N) is 1. The van der Waals surface area contributed by atoms with E-state index in [-0.39, 0.29) is 0 Å². The minimum atomic E-state index is -0.637. The first-order valence-electron chi connectivity index (χ1n) is 5.29. The summed E-state index contributed by atoms with van der Waals surface area (Å²) in [7, 11) is 0. The van der Waals surface area contributed by atoms with Crippen LogP contribution in [-0.4, -0.2) is 10.1 Å². The molecule has 0 fully saturated rings. The van der Waals surface area contributed by atoms with Crippen LogP contribution >= 0.6 is 15.9 Å². The molecule has 4 heteroatoms. The van der Waals surface area contributed by atoms with Crippen LogP contribution in [0, 0.1) is 0 Å². The van der Waals surface area contributed by atoms with E-state index >= 15 is 0 Å². The lowest BCUT2D eigenvalue weighted by atomic mass is 10.0. The van der Waals surface area contributed by atoms with Crippen molar-refractivity contribution in [2.75, 3.05) is 5.73 Å². The molecule has 1 atom stereocenters. The van der Waals surface area contributed by atoms with Gasteiger partial charge in [-0.1, -0.05) is 22.0 Å². The molecule has 88 valence electrons. The number of pyridine rings is 1. The third kappa shape index (κ3) is 3.05. The summed E-state index contributed by atoms with van der Waals surface area (Å²) in [5, 5.41) is 10.1. The third-order valence-corrected chi connectivity index (χ3v) is 3.03. The summed E-state index contributed by atoms with van der Waals surface area (Å²) < 4.78 is 0.904. The lowest BCUT2D eigenvalue weighted by molar-refractivity contribution is 0.178. The van der Waals surface area contributed by atoms with Crippen LogP contribution in [0.15, 0.2) is 47.1 Å². The lowest BCUT2D eigenvalue weighted by Gasteiger charge is -2.13. The van der Waals surface area contributed by atoms with Crippen molar-refractivity contribution in [1.82, 2.24) is 4.98 Å². The summed E-state index contributed by atoms with van der Waals surface area (Å²) in [6.45, 7) is 0. The zero-order chi connectivity index (χ0) is 12.3. The Morgan fingerprint density at radius 2 is 2.12 bits per heavy atom. The van der Waals surface area contributed by atoms with Gasteiger partial charge in [0, 0.05) is 34.0 Å². The molecule has 0 aliphatic carbocycles. The van der Waals surface area contributed by atoms with Gasteiger partial charge in [-0.05, 0) is 30.3 Å². The molecule has 2 rings (SSSR count). The molecule has 0 saturated carbocycles. The van der Waals surface area contributed by atoms with Gasteiger partial charge < -0.3 is 10.8 Å². The van der Waals surface area contributed by atoms with E-state index in [1.54, 1.807) is 12.3 Å². The van der Waals surface area contributed by atoms with E-state index < -0.39 is 6.10 Å². The van der Waals surface area contributed by atoms with E-state index in [0.717, 1.165) is 15.7 Å². The van der Waals surface area contributed by atoms with Crippen LogP contribution in [0.3, 0.4) is 0 Å². The predicted molar refractivity (Wildman–Crippen MR) is 71.5 cm³/mol. The van der Waals surface area contributed by atoms with Gasteiger partial charge in [-0.25, -0.2) is 0 Å². The van der Waals surface area contributed by atoms with E-state index in [0.29, 0.717) is 12.1 Å². The molecule has 2 aromatic rings. The first-order chi connectivity index (χ1) is 8.16. The molecular weight excluding hydrogens is 280 g/mol. The number of nitrogens with two attached hydrogens (primary N) is 1. The number of aromatic nitrogens is 1. The molecule has 0 amide bonds. The monoisotopic (exact) mass is 292 g/mol. The van der Waals surface area contributed by atoms with Crippen LogP contribution in [0.5, 0.6) is 0 Å². The van der Waals surface area contributed by atoms with Gasteiger partial charge in [-0.15, -0.1) is 0 Å². The Morgan fingerprint density at radius 1 is 1.29 bits per heavy atom. The average molecular weight is 293 g/mol. The van der Waals surface area contributed by atoms with Gasteiger partial charge >= 0.3 is 0 Å². The molecule has 0 bridgehead atoms. The summed E-state index contributed by atoms with van der Waals surface area (Å²) in [6.07, 6.45) is 1.54. The number of hydrogen-bond acceptors (Lipinski definition) is 3. The second-order valence-electron chi connectivity index (χ2n) is 3.81. The molecule has 0 spiro atoms. The number of hydrogen-bond donors (Lipinski definition) is 2. The first-order valence-corrected chi connectivity index (χ1v) is 6.09. The third-order valence-electron chi connectivity index (χ3n) is 2.54. The quantitative estimate of drug-likeness (QED) is 0.855. The summed E-state index contributed by atoms with van der Waals surface area (Å²) in [4.78, 5) is 4.18. The molecule has 1 heterocycles. The van der Waals surface area contributed by atoms with Crippen molar-refractivity contribution in [2.24, 2.45) is 0 Å². The highest BCUT2D eigenvalue weighted by Crippen LogP contribution is 2.26. The Hall–Kier alpha value is -1.39. The molecule has 0 saturated heterocycles. The topological polar surface area (TPSA) is 59.1 Å². The van der Waals surface area contributed by atoms with Crippen molar-refractivity contribution in [3.05, 3.63) is 58.3 Å². The number of nitrogen functional groups attached to an aromatic ring is 1. The second-order valence-corrected chi connectivity index (χ2v) is 4.73. The Balaban J connectivity index is 2.20. The molecule has 17 heavy (non-hydrogen) atoms. The summed E-state index contributed by atoms with van der Waals surface area (Å²) >= 11 is 3.37. The Kier molecular flexibility index (Phi) is 3.76. The van der Waals surface area contributed by atoms with Gasteiger partial charge in [-0.3, -0.25) is 4.98 Å². The van der Waals surface area contributed by atoms with Gasteiger partial charge in [0.15, 0.2) is 0 Å². The minimum absolute atomic E-state index is 0.460. The van der Waals surface area contributed by atoms with Crippen molar-refractivity contribution in [3.63, 3.8) is 0 Å². The average Bonchev–Trinajstić information content (AvgIpc) is 2.33. The van der Waals surface area contributed by atoms with E-state index in [9.17, 15) is 5.11 Å². The normalized spacial score (nSPS) is 12.4. The van der Waals surface area contributed by atoms with Crippen LogP contribution in [0.1, 0.15) is 17.4 Å². The number of rotatable bonds is 3. The van der Waals surface area contributed by atoms with E-state index in [1.807, 2.05) is 30.3 Å². The van der Waals surface area contributed by atoms with Crippen LogP contribution in [-0.2, 0) is 6.42 Å². The molecule has 0 aliphatic rings. The van der Waals surface area contributed by atoms with Gasteiger partial charge in [0.1, 0.15) is 0 Å². The SMILES string of the molecule is Nc1ccc(Br)cc1C(O)Cc1ccccn1. The van der Waals surface area contributed by atoms with E-state index in [4.69, 9.17) is 5.73 Å². The van der Waals surface area contributed by atoms with Gasteiger partial charge in [0.05, 0.1) is 6.10 Å². The molecule has 1 aromatic heterocycles. The Morgan fingerprint density at radius 3 is 2.82 bits per heavy atom. The first kappa shape index (κ1) is 12.1. The van der Waals surface area contributed by atoms with Crippen LogP contribution < -0.4 is 5.73 Å². The number of aliphatic hydroxyl groups excluding tert-OH is 1. The van der Waals surface area contributed by atoms with Crippen molar-refractivity contribution < 1.29 is 5.11 Å². The fraction of sp³-hybridized carbons (Fsp3) is 0.154. The van der Waals surface area contributed by atoms with Gasteiger partial charge in [0.2, 0.25) is 0 Å². The van der Waals surface area contributed by atoms with E-state index in [1.165, 1.54) is 0 Å². The summed E-state index contributed by atoms with van der Waals surface area (Å²) in [5.74, 6) is 0. The van der Waals surface area contributed by atoms with Crippen molar-refractivity contribution in [1.29, 1.82) is 0 Å². The number of benzene rings is 1. The predicted octanol–water partition coefficient (Wildman–Crippen LogP) is 2.70. The highest BCUT2D eigenvalue weighted by molar-refractivity contribution is 9.10. The highest BCUT2D eigenvalue weighted by Gasteiger charge is 2.12. The molecule has 3 nitrogen and oxygen atoms in total. The summed E-state index contributed by atoms with van der Waals surface area (Å²) in [5.41, 5.74) is 8.01. The highest BCUT2D eigenvalue weighted by atomic mass is 79.9.